The second-order valence-corrected chi connectivity index (χ2v) is 4.49. The zero-order chi connectivity index (χ0) is 15.8. The van der Waals surface area contributed by atoms with Crippen LogP contribution in [0.25, 0.3) is 0 Å². The predicted octanol–water partition coefficient (Wildman–Crippen LogP) is 2.11. The van der Waals surface area contributed by atoms with Crippen molar-refractivity contribution < 1.29 is 19.5 Å². The molecule has 3 N–H and O–H groups in total. The second kappa shape index (κ2) is 7.87. The summed E-state index contributed by atoms with van der Waals surface area (Å²) in [5.41, 5.74) is 0.383. The number of amides is 3. The van der Waals surface area contributed by atoms with Crippen LogP contribution in [0.4, 0.5) is 10.5 Å². The number of hydrogen-bond acceptors (Lipinski definition) is 4. The van der Waals surface area contributed by atoms with Gasteiger partial charge in [0.05, 0.1) is 11.3 Å². The van der Waals surface area contributed by atoms with E-state index < -0.39 is 17.9 Å². The van der Waals surface area contributed by atoms with Crippen molar-refractivity contribution in [3.63, 3.8) is 0 Å². The van der Waals surface area contributed by atoms with Gasteiger partial charge in [0.15, 0.2) is 0 Å². The van der Waals surface area contributed by atoms with Gasteiger partial charge in [0, 0.05) is 17.9 Å². The highest BCUT2D eigenvalue weighted by Crippen LogP contribution is 2.20. The first-order valence-electron chi connectivity index (χ1n) is 5.94. The Bertz CT molecular complexity index is 610. The quantitative estimate of drug-likeness (QED) is 0.769. The first-order chi connectivity index (χ1) is 9.92. The van der Waals surface area contributed by atoms with Crippen LogP contribution in [0.2, 0.25) is 5.02 Å². The molecule has 0 heterocycles. The van der Waals surface area contributed by atoms with Crippen molar-refractivity contribution >= 4 is 35.2 Å². The van der Waals surface area contributed by atoms with Gasteiger partial charge < -0.3 is 10.4 Å². The number of rotatable bonds is 5. The second-order valence-electron chi connectivity index (χ2n) is 4.05. The van der Waals surface area contributed by atoms with E-state index in [1.807, 2.05) is 11.4 Å². The molecule has 0 fully saturated rings. The van der Waals surface area contributed by atoms with Crippen LogP contribution >= 0.6 is 11.6 Å². The van der Waals surface area contributed by atoms with Crippen molar-refractivity contribution in [2.45, 2.75) is 19.3 Å². The maximum absolute atomic E-state index is 11.6. The van der Waals surface area contributed by atoms with E-state index in [0.29, 0.717) is 5.02 Å². The third-order valence-electron chi connectivity index (χ3n) is 2.40. The summed E-state index contributed by atoms with van der Waals surface area (Å²) in [6, 6.07) is 5.39. The third-order valence-corrected chi connectivity index (χ3v) is 2.63. The fourth-order valence-corrected chi connectivity index (χ4v) is 1.63. The van der Waals surface area contributed by atoms with Gasteiger partial charge in [-0.3, -0.25) is 14.9 Å². The van der Waals surface area contributed by atoms with Crippen molar-refractivity contribution in [1.29, 1.82) is 5.26 Å². The van der Waals surface area contributed by atoms with Gasteiger partial charge in [-0.25, -0.2) is 4.79 Å². The zero-order valence-electron chi connectivity index (χ0n) is 10.9. The molecule has 1 rings (SSSR count). The number of imide groups is 1. The molecule has 0 atom stereocenters. The Labute approximate surface area is 125 Å². The molecule has 3 amide bonds. The number of aliphatic carboxylic acids is 1. The van der Waals surface area contributed by atoms with Crippen molar-refractivity contribution in [3.8, 4) is 6.07 Å². The Hall–Kier alpha value is -2.59. The molecule has 7 nitrogen and oxygen atoms in total. The van der Waals surface area contributed by atoms with Crippen LogP contribution in [0.1, 0.15) is 24.8 Å². The average molecular weight is 310 g/mol. The molecule has 1 aromatic carbocycles. The van der Waals surface area contributed by atoms with Gasteiger partial charge in [0.25, 0.3) is 0 Å². The number of anilines is 1. The lowest BCUT2D eigenvalue weighted by Gasteiger charge is -2.08. The third kappa shape index (κ3) is 5.93. The van der Waals surface area contributed by atoms with Crippen LogP contribution in [0.15, 0.2) is 18.2 Å². The fraction of sp³-hybridized carbons (Fsp3) is 0.231. The summed E-state index contributed by atoms with van der Waals surface area (Å²) in [5, 5.41) is 22.0. The predicted molar refractivity (Wildman–Crippen MR) is 74.8 cm³/mol. The van der Waals surface area contributed by atoms with Crippen LogP contribution in [-0.2, 0) is 9.59 Å². The molecule has 0 aromatic heterocycles. The van der Waals surface area contributed by atoms with E-state index in [1.54, 1.807) is 0 Å². The lowest BCUT2D eigenvalue weighted by atomic mass is 10.2. The van der Waals surface area contributed by atoms with Crippen LogP contribution in [0, 0.1) is 11.3 Å². The maximum atomic E-state index is 11.6. The summed E-state index contributed by atoms with van der Waals surface area (Å²) in [4.78, 5) is 33.3. The fourth-order valence-electron chi connectivity index (χ4n) is 1.46. The number of nitrogens with zero attached hydrogens (tertiary/aromatic N) is 1. The van der Waals surface area contributed by atoms with E-state index in [0.717, 1.165) is 0 Å². The Morgan fingerprint density at radius 2 is 2.00 bits per heavy atom. The molecule has 8 heteroatoms. The first kappa shape index (κ1) is 16.5. The number of nitrogens with one attached hydrogen (secondary N) is 2. The average Bonchev–Trinajstić information content (AvgIpc) is 2.38. The van der Waals surface area contributed by atoms with Gasteiger partial charge >= 0.3 is 12.0 Å². The summed E-state index contributed by atoms with van der Waals surface area (Å²) < 4.78 is 0. The molecule has 21 heavy (non-hydrogen) atoms. The van der Waals surface area contributed by atoms with Crippen LogP contribution in [0.3, 0.4) is 0 Å². The number of carbonyl (C=O) groups excluding carboxylic acids is 2. The summed E-state index contributed by atoms with van der Waals surface area (Å²) in [5.74, 6) is -1.61. The van der Waals surface area contributed by atoms with E-state index in [-0.39, 0.29) is 30.5 Å². The Morgan fingerprint density at radius 1 is 1.29 bits per heavy atom. The minimum Gasteiger partial charge on any atom is -0.481 e. The minimum absolute atomic E-state index is 0.0830. The summed E-state index contributed by atoms with van der Waals surface area (Å²) >= 11 is 5.76. The number of carbonyl (C=O) groups is 3. The number of benzene rings is 1. The number of carboxylic acids is 1. The molecule has 0 aliphatic rings. The normalized spacial score (nSPS) is 9.52. The van der Waals surface area contributed by atoms with Gasteiger partial charge in [-0.2, -0.15) is 5.26 Å². The maximum Gasteiger partial charge on any atom is 0.325 e. The van der Waals surface area contributed by atoms with E-state index >= 15 is 0 Å². The number of carboxylic acid groups (broad SMARTS) is 1. The molecule has 0 aliphatic carbocycles. The zero-order valence-corrected chi connectivity index (χ0v) is 11.6. The number of urea groups is 1. The van der Waals surface area contributed by atoms with Crippen molar-refractivity contribution in [2.75, 3.05) is 5.32 Å². The molecule has 0 bridgehead atoms. The number of nitriles is 1. The highest BCUT2D eigenvalue weighted by molar-refractivity contribution is 6.31. The lowest BCUT2D eigenvalue weighted by Crippen LogP contribution is -2.34. The molecule has 110 valence electrons. The van der Waals surface area contributed by atoms with E-state index in [1.165, 1.54) is 18.2 Å². The molecule has 0 spiro atoms. The van der Waals surface area contributed by atoms with Crippen LogP contribution in [0.5, 0.6) is 0 Å². The van der Waals surface area contributed by atoms with Crippen LogP contribution < -0.4 is 10.6 Å². The summed E-state index contributed by atoms with van der Waals surface area (Å²) in [6.07, 6.45) is -0.0999. The molecule has 0 radical (unpaired) electrons. The largest absolute Gasteiger partial charge is 0.481 e. The Morgan fingerprint density at radius 3 is 2.62 bits per heavy atom. The molecule has 0 unspecified atom stereocenters. The van der Waals surface area contributed by atoms with Crippen molar-refractivity contribution in [2.24, 2.45) is 0 Å². The Balaban J connectivity index is 2.54. The van der Waals surface area contributed by atoms with Crippen molar-refractivity contribution in [1.82, 2.24) is 5.32 Å². The van der Waals surface area contributed by atoms with E-state index in [2.05, 4.69) is 5.32 Å². The highest BCUT2D eigenvalue weighted by Gasteiger charge is 2.11. The number of hydrogen-bond donors (Lipinski definition) is 3. The topological polar surface area (TPSA) is 119 Å². The smallest absolute Gasteiger partial charge is 0.325 e. The molecular formula is C13H12ClN3O4. The standard InChI is InChI=1S/C13H12ClN3O4/c14-9-5-4-8(7-15)10(6-9)16-13(21)17-11(18)2-1-3-12(19)20/h4-6H,1-3H2,(H,19,20)(H2,16,17,18,21). The van der Waals surface area contributed by atoms with Gasteiger partial charge in [0.1, 0.15) is 6.07 Å². The number of halogens is 1. The molecule has 0 saturated carbocycles. The Kier molecular flexibility index (Phi) is 6.17. The highest BCUT2D eigenvalue weighted by atomic mass is 35.5. The minimum atomic E-state index is -1.01. The molecular weight excluding hydrogens is 298 g/mol. The van der Waals surface area contributed by atoms with Crippen molar-refractivity contribution in [3.05, 3.63) is 28.8 Å². The molecule has 0 aliphatic heterocycles. The summed E-state index contributed by atoms with van der Waals surface area (Å²) in [6.45, 7) is 0. The lowest BCUT2D eigenvalue weighted by molar-refractivity contribution is -0.137. The molecule has 1 aromatic rings. The molecule has 0 saturated heterocycles. The van der Waals surface area contributed by atoms with Gasteiger partial charge in [-0.15, -0.1) is 0 Å². The monoisotopic (exact) mass is 309 g/mol. The van der Waals surface area contributed by atoms with E-state index in [9.17, 15) is 14.4 Å². The van der Waals surface area contributed by atoms with Crippen LogP contribution in [-0.4, -0.2) is 23.0 Å². The van der Waals surface area contributed by atoms with E-state index in [4.69, 9.17) is 22.0 Å². The van der Waals surface area contributed by atoms with Gasteiger partial charge in [0.2, 0.25) is 5.91 Å². The summed E-state index contributed by atoms with van der Waals surface area (Å²) in [7, 11) is 0. The first-order valence-corrected chi connectivity index (χ1v) is 6.32. The van der Waals surface area contributed by atoms with Gasteiger partial charge in [-0.05, 0) is 24.6 Å². The van der Waals surface area contributed by atoms with Gasteiger partial charge in [-0.1, -0.05) is 11.6 Å². The SMILES string of the molecule is N#Cc1ccc(Cl)cc1NC(=O)NC(=O)CCCC(=O)O.